The third kappa shape index (κ3) is 3.27. The van der Waals surface area contributed by atoms with Crippen LogP contribution in [0.25, 0.3) is 0 Å². The van der Waals surface area contributed by atoms with Crippen molar-refractivity contribution in [1.82, 2.24) is 0 Å². The molecule has 0 amide bonds. The Morgan fingerprint density at radius 3 is 2.43 bits per heavy atom. The molecule has 0 aromatic heterocycles. The first kappa shape index (κ1) is 12.0. The molecule has 0 radical (unpaired) electrons. The highest BCUT2D eigenvalue weighted by Gasteiger charge is 2.27. The molecule has 0 aromatic rings. The van der Waals surface area contributed by atoms with E-state index in [1.165, 1.54) is 38.5 Å². The van der Waals surface area contributed by atoms with Gasteiger partial charge in [0.1, 0.15) is 0 Å². The lowest BCUT2D eigenvalue weighted by atomic mass is 9.80. The lowest BCUT2D eigenvalue weighted by Crippen LogP contribution is -2.23. The Kier molecular flexibility index (Phi) is 5.54. The van der Waals surface area contributed by atoms with Gasteiger partial charge in [-0.05, 0) is 24.2 Å². The van der Waals surface area contributed by atoms with Crippen LogP contribution in [0, 0.1) is 17.8 Å². The normalized spacial score (nSPS) is 22.5. The van der Waals surface area contributed by atoms with Crippen LogP contribution in [0.4, 0.5) is 0 Å². The minimum Gasteiger partial charge on any atom is -0.384 e. The average Bonchev–Trinajstić information content (AvgIpc) is 2.69. The first-order chi connectivity index (χ1) is 6.79. The van der Waals surface area contributed by atoms with E-state index in [-0.39, 0.29) is 0 Å². The van der Waals surface area contributed by atoms with Crippen molar-refractivity contribution >= 4 is 0 Å². The summed E-state index contributed by atoms with van der Waals surface area (Å²) in [5, 5.41) is 0. The Morgan fingerprint density at radius 1 is 1.29 bits per heavy atom. The predicted octanol–water partition coefficient (Wildman–Crippen LogP) is 3.88. The zero-order valence-corrected chi connectivity index (χ0v) is 10.1. The van der Waals surface area contributed by atoms with Crippen LogP contribution in [0.15, 0.2) is 0 Å². The quantitative estimate of drug-likeness (QED) is 0.629. The van der Waals surface area contributed by atoms with Gasteiger partial charge in [-0.1, -0.05) is 46.0 Å². The highest BCUT2D eigenvalue weighted by Crippen LogP contribution is 2.36. The Labute approximate surface area is 89.2 Å². The van der Waals surface area contributed by atoms with Crippen LogP contribution in [-0.2, 0) is 4.74 Å². The van der Waals surface area contributed by atoms with Gasteiger partial charge in [-0.15, -0.1) is 0 Å². The van der Waals surface area contributed by atoms with E-state index in [1.54, 1.807) is 0 Å². The summed E-state index contributed by atoms with van der Waals surface area (Å²) in [5.41, 5.74) is 0. The van der Waals surface area contributed by atoms with Gasteiger partial charge < -0.3 is 4.74 Å². The smallest absolute Gasteiger partial charge is 0.0493 e. The molecular weight excluding hydrogens is 172 g/mol. The van der Waals surface area contributed by atoms with E-state index in [4.69, 9.17) is 4.74 Å². The SMILES string of the molecule is CCCC(COC)C(C)C1CCCC1. The minimum absolute atomic E-state index is 0.799. The Balaban J connectivity index is 2.39. The summed E-state index contributed by atoms with van der Waals surface area (Å²) in [4.78, 5) is 0. The van der Waals surface area contributed by atoms with E-state index in [9.17, 15) is 0 Å². The van der Waals surface area contributed by atoms with Gasteiger partial charge in [0, 0.05) is 13.7 Å². The summed E-state index contributed by atoms with van der Waals surface area (Å²) < 4.78 is 5.34. The van der Waals surface area contributed by atoms with Gasteiger partial charge in [0.05, 0.1) is 0 Å². The van der Waals surface area contributed by atoms with Crippen molar-refractivity contribution in [3.05, 3.63) is 0 Å². The molecule has 0 N–H and O–H groups in total. The Morgan fingerprint density at radius 2 is 1.93 bits per heavy atom. The third-order valence-corrected chi connectivity index (χ3v) is 3.93. The second-order valence-corrected chi connectivity index (χ2v) is 4.91. The van der Waals surface area contributed by atoms with Gasteiger partial charge in [0.15, 0.2) is 0 Å². The third-order valence-electron chi connectivity index (χ3n) is 3.93. The average molecular weight is 198 g/mol. The van der Waals surface area contributed by atoms with Gasteiger partial charge in [-0.25, -0.2) is 0 Å². The molecule has 1 saturated carbocycles. The van der Waals surface area contributed by atoms with E-state index in [2.05, 4.69) is 13.8 Å². The van der Waals surface area contributed by atoms with Crippen molar-refractivity contribution in [1.29, 1.82) is 0 Å². The Bertz CT molecular complexity index is 132. The first-order valence-corrected chi connectivity index (χ1v) is 6.28. The van der Waals surface area contributed by atoms with Crippen LogP contribution in [-0.4, -0.2) is 13.7 Å². The summed E-state index contributed by atoms with van der Waals surface area (Å²) in [5.74, 6) is 2.66. The molecule has 2 unspecified atom stereocenters. The minimum atomic E-state index is 0.799. The Hall–Kier alpha value is -0.0400. The lowest BCUT2D eigenvalue weighted by Gasteiger charge is -2.28. The molecule has 0 aliphatic heterocycles. The fourth-order valence-electron chi connectivity index (χ4n) is 2.95. The van der Waals surface area contributed by atoms with Gasteiger partial charge in [0.2, 0.25) is 0 Å². The number of hydrogen-bond donors (Lipinski definition) is 0. The molecule has 0 aromatic carbocycles. The molecule has 0 spiro atoms. The highest BCUT2D eigenvalue weighted by atomic mass is 16.5. The first-order valence-electron chi connectivity index (χ1n) is 6.28. The van der Waals surface area contributed by atoms with Crippen LogP contribution < -0.4 is 0 Å². The highest BCUT2D eigenvalue weighted by molar-refractivity contribution is 4.77. The molecule has 1 nitrogen and oxygen atoms in total. The topological polar surface area (TPSA) is 9.23 Å². The van der Waals surface area contributed by atoms with Crippen LogP contribution in [0.3, 0.4) is 0 Å². The summed E-state index contributed by atoms with van der Waals surface area (Å²) in [6.07, 6.45) is 8.48. The molecule has 1 aliphatic rings. The van der Waals surface area contributed by atoms with Crippen LogP contribution >= 0.6 is 0 Å². The lowest BCUT2D eigenvalue weighted by molar-refractivity contribution is 0.0976. The zero-order valence-electron chi connectivity index (χ0n) is 10.1. The van der Waals surface area contributed by atoms with Crippen molar-refractivity contribution in [3.8, 4) is 0 Å². The monoisotopic (exact) mass is 198 g/mol. The molecular formula is C13H26O. The fraction of sp³-hybridized carbons (Fsp3) is 1.00. The van der Waals surface area contributed by atoms with E-state index >= 15 is 0 Å². The number of rotatable bonds is 6. The van der Waals surface area contributed by atoms with E-state index in [0.29, 0.717) is 0 Å². The van der Waals surface area contributed by atoms with Gasteiger partial charge in [-0.3, -0.25) is 0 Å². The molecule has 2 atom stereocenters. The molecule has 1 aliphatic carbocycles. The van der Waals surface area contributed by atoms with Crippen molar-refractivity contribution in [3.63, 3.8) is 0 Å². The predicted molar refractivity (Wildman–Crippen MR) is 61.4 cm³/mol. The maximum Gasteiger partial charge on any atom is 0.0493 e. The number of methoxy groups -OCH3 is 1. The number of hydrogen-bond acceptors (Lipinski definition) is 1. The second-order valence-electron chi connectivity index (χ2n) is 4.91. The molecule has 0 heterocycles. The van der Waals surface area contributed by atoms with Crippen molar-refractivity contribution in [2.45, 2.75) is 52.4 Å². The van der Waals surface area contributed by atoms with Crippen LogP contribution in [0.2, 0.25) is 0 Å². The molecule has 0 bridgehead atoms. The summed E-state index contributed by atoms with van der Waals surface area (Å²) >= 11 is 0. The molecule has 14 heavy (non-hydrogen) atoms. The molecule has 1 rings (SSSR count). The summed E-state index contributed by atoms with van der Waals surface area (Å²) in [6.45, 7) is 5.69. The van der Waals surface area contributed by atoms with E-state index < -0.39 is 0 Å². The molecule has 1 heteroatoms. The number of ether oxygens (including phenoxy) is 1. The fourth-order valence-corrected chi connectivity index (χ4v) is 2.95. The van der Waals surface area contributed by atoms with E-state index in [1.807, 2.05) is 7.11 Å². The van der Waals surface area contributed by atoms with Gasteiger partial charge in [-0.2, -0.15) is 0 Å². The second kappa shape index (κ2) is 6.44. The molecule has 0 saturated heterocycles. The van der Waals surface area contributed by atoms with Crippen molar-refractivity contribution < 1.29 is 4.74 Å². The standard InChI is InChI=1S/C13H26O/c1-4-7-13(10-14-3)11(2)12-8-5-6-9-12/h11-13H,4-10H2,1-3H3. The zero-order chi connectivity index (χ0) is 10.4. The summed E-state index contributed by atoms with van der Waals surface area (Å²) in [7, 11) is 1.84. The van der Waals surface area contributed by atoms with Gasteiger partial charge in [0.25, 0.3) is 0 Å². The largest absolute Gasteiger partial charge is 0.384 e. The molecule has 1 fully saturated rings. The van der Waals surface area contributed by atoms with Crippen LogP contribution in [0.1, 0.15) is 52.4 Å². The van der Waals surface area contributed by atoms with Crippen molar-refractivity contribution in [2.75, 3.05) is 13.7 Å². The summed E-state index contributed by atoms with van der Waals surface area (Å²) in [6, 6.07) is 0. The van der Waals surface area contributed by atoms with Crippen LogP contribution in [0.5, 0.6) is 0 Å². The maximum atomic E-state index is 5.34. The van der Waals surface area contributed by atoms with Gasteiger partial charge >= 0.3 is 0 Å². The molecule has 84 valence electrons. The van der Waals surface area contributed by atoms with Crippen molar-refractivity contribution in [2.24, 2.45) is 17.8 Å². The van der Waals surface area contributed by atoms with E-state index in [0.717, 1.165) is 24.4 Å². The maximum absolute atomic E-state index is 5.34.